The summed E-state index contributed by atoms with van der Waals surface area (Å²) in [6.45, 7) is 2.72. The lowest BCUT2D eigenvalue weighted by Crippen LogP contribution is -2.02. The van der Waals surface area contributed by atoms with Crippen LogP contribution in [0.2, 0.25) is 5.02 Å². The molecule has 1 aromatic heterocycles. The molecule has 0 aliphatic rings. The van der Waals surface area contributed by atoms with Crippen LogP contribution in [0.15, 0.2) is 23.7 Å². The molecule has 0 unspecified atom stereocenters. The number of nitrogens with one attached hydrogen (secondary N) is 1. The van der Waals surface area contributed by atoms with Crippen molar-refractivity contribution >= 4 is 34.3 Å². The molecule has 5 heteroatoms. The SMILES string of the molecule is Cc1ncsc1CNc1cccc(Cl)c1N. The number of benzene rings is 1. The molecule has 0 spiro atoms. The van der Waals surface area contributed by atoms with Gasteiger partial charge in [0, 0.05) is 4.88 Å². The maximum atomic E-state index is 5.93. The van der Waals surface area contributed by atoms with Gasteiger partial charge in [0.1, 0.15) is 0 Å². The highest BCUT2D eigenvalue weighted by Crippen LogP contribution is 2.27. The summed E-state index contributed by atoms with van der Waals surface area (Å²) < 4.78 is 0. The van der Waals surface area contributed by atoms with Gasteiger partial charge in [0.25, 0.3) is 0 Å². The van der Waals surface area contributed by atoms with E-state index in [1.165, 1.54) is 4.88 Å². The number of nitrogens with two attached hydrogens (primary N) is 1. The van der Waals surface area contributed by atoms with Crippen LogP contribution < -0.4 is 11.1 Å². The smallest absolute Gasteiger partial charge is 0.0798 e. The summed E-state index contributed by atoms with van der Waals surface area (Å²) >= 11 is 7.56. The van der Waals surface area contributed by atoms with Crippen molar-refractivity contribution < 1.29 is 0 Å². The molecule has 3 nitrogen and oxygen atoms in total. The van der Waals surface area contributed by atoms with Gasteiger partial charge >= 0.3 is 0 Å². The number of aromatic nitrogens is 1. The number of nitrogen functional groups attached to an aromatic ring is 1. The van der Waals surface area contributed by atoms with Gasteiger partial charge in [-0.05, 0) is 19.1 Å². The first-order valence-corrected chi connectivity index (χ1v) is 6.11. The zero-order chi connectivity index (χ0) is 11.5. The highest BCUT2D eigenvalue weighted by Gasteiger charge is 2.04. The Morgan fingerprint density at radius 3 is 3.00 bits per heavy atom. The average molecular weight is 254 g/mol. The first kappa shape index (κ1) is 11.2. The van der Waals surface area contributed by atoms with Gasteiger partial charge in [-0.2, -0.15) is 0 Å². The standard InChI is InChI=1S/C11H12ClN3S/c1-7-10(16-6-15-7)5-14-9-4-2-3-8(12)11(9)13/h2-4,6,14H,5,13H2,1H3. The predicted octanol–water partition coefficient (Wildman–Crippen LogP) is 3.30. The molecule has 1 aromatic carbocycles. The molecule has 2 aromatic rings. The summed E-state index contributed by atoms with van der Waals surface area (Å²) in [6, 6.07) is 5.57. The molecule has 0 fully saturated rings. The predicted molar refractivity (Wildman–Crippen MR) is 70.0 cm³/mol. The molecule has 0 saturated carbocycles. The van der Waals surface area contributed by atoms with Crippen LogP contribution in [0.1, 0.15) is 10.6 Å². The number of thiazole rings is 1. The van der Waals surface area contributed by atoms with Crippen LogP contribution in [0.4, 0.5) is 11.4 Å². The second-order valence-corrected chi connectivity index (χ2v) is 4.76. The van der Waals surface area contributed by atoms with Gasteiger partial charge in [0.15, 0.2) is 0 Å². The second-order valence-electron chi connectivity index (χ2n) is 3.42. The number of hydrogen-bond donors (Lipinski definition) is 2. The topological polar surface area (TPSA) is 50.9 Å². The minimum atomic E-state index is 0.575. The Hall–Kier alpha value is -1.26. The van der Waals surface area contributed by atoms with Crippen molar-refractivity contribution in [3.05, 3.63) is 39.3 Å². The molecule has 84 valence electrons. The number of anilines is 2. The third-order valence-electron chi connectivity index (χ3n) is 2.34. The summed E-state index contributed by atoms with van der Waals surface area (Å²) in [6.07, 6.45) is 0. The van der Waals surface area contributed by atoms with E-state index in [2.05, 4.69) is 10.3 Å². The van der Waals surface area contributed by atoms with Crippen molar-refractivity contribution in [1.29, 1.82) is 0 Å². The van der Waals surface area contributed by atoms with E-state index in [1.54, 1.807) is 17.4 Å². The second kappa shape index (κ2) is 4.72. The number of hydrogen-bond acceptors (Lipinski definition) is 4. The van der Waals surface area contributed by atoms with E-state index in [-0.39, 0.29) is 0 Å². The van der Waals surface area contributed by atoms with Crippen molar-refractivity contribution in [3.8, 4) is 0 Å². The number of rotatable bonds is 3. The molecule has 16 heavy (non-hydrogen) atoms. The van der Waals surface area contributed by atoms with Crippen LogP contribution in [0, 0.1) is 6.92 Å². The minimum Gasteiger partial charge on any atom is -0.396 e. The van der Waals surface area contributed by atoms with Crippen molar-refractivity contribution in [2.24, 2.45) is 0 Å². The van der Waals surface area contributed by atoms with Crippen molar-refractivity contribution in [1.82, 2.24) is 4.98 Å². The molecule has 2 rings (SSSR count). The summed E-state index contributed by atoms with van der Waals surface area (Å²) in [4.78, 5) is 5.40. The van der Waals surface area contributed by atoms with Crippen LogP contribution in [-0.2, 0) is 6.54 Å². The molecule has 0 amide bonds. The minimum absolute atomic E-state index is 0.575. The Bertz CT molecular complexity index is 496. The number of aryl methyl sites for hydroxylation is 1. The Morgan fingerprint density at radius 1 is 1.50 bits per heavy atom. The van der Waals surface area contributed by atoms with Gasteiger partial charge in [-0.15, -0.1) is 11.3 Å². The molecule has 0 saturated heterocycles. The van der Waals surface area contributed by atoms with E-state index in [9.17, 15) is 0 Å². The molecule has 0 radical (unpaired) electrons. The van der Waals surface area contributed by atoms with E-state index in [1.807, 2.05) is 24.6 Å². The quantitative estimate of drug-likeness (QED) is 0.826. The normalized spacial score (nSPS) is 10.4. The van der Waals surface area contributed by atoms with E-state index < -0.39 is 0 Å². The lowest BCUT2D eigenvalue weighted by molar-refractivity contribution is 1.12. The van der Waals surface area contributed by atoms with Gasteiger partial charge in [0.05, 0.1) is 34.1 Å². The molecular weight excluding hydrogens is 242 g/mol. The van der Waals surface area contributed by atoms with Gasteiger partial charge in [-0.1, -0.05) is 17.7 Å². The zero-order valence-electron chi connectivity index (χ0n) is 8.83. The fraction of sp³-hybridized carbons (Fsp3) is 0.182. The van der Waals surface area contributed by atoms with Crippen molar-refractivity contribution in [3.63, 3.8) is 0 Å². The van der Waals surface area contributed by atoms with Gasteiger partial charge < -0.3 is 11.1 Å². The van der Waals surface area contributed by atoms with Crippen LogP contribution >= 0.6 is 22.9 Å². The third-order valence-corrected chi connectivity index (χ3v) is 3.60. The first-order valence-electron chi connectivity index (χ1n) is 4.85. The highest BCUT2D eigenvalue weighted by molar-refractivity contribution is 7.09. The van der Waals surface area contributed by atoms with E-state index in [0.717, 1.165) is 17.9 Å². The van der Waals surface area contributed by atoms with Crippen LogP contribution in [0.5, 0.6) is 0 Å². The van der Waals surface area contributed by atoms with E-state index in [0.29, 0.717) is 10.7 Å². The number of para-hydroxylation sites is 1. The molecule has 0 atom stereocenters. The Morgan fingerprint density at radius 2 is 2.31 bits per heavy atom. The molecule has 0 aliphatic carbocycles. The van der Waals surface area contributed by atoms with Crippen LogP contribution in [0.3, 0.4) is 0 Å². The maximum absolute atomic E-state index is 5.93. The fourth-order valence-electron chi connectivity index (χ4n) is 1.36. The largest absolute Gasteiger partial charge is 0.396 e. The Balaban J connectivity index is 2.11. The van der Waals surface area contributed by atoms with Crippen molar-refractivity contribution in [2.75, 3.05) is 11.1 Å². The lowest BCUT2D eigenvalue weighted by Gasteiger charge is -2.09. The van der Waals surface area contributed by atoms with Gasteiger partial charge in [0.2, 0.25) is 0 Å². The zero-order valence-corrected chi connectivity index (χ0v) is 10.4. The molecule has 3 N–H and O–H groups in total. The summed E-state index contributed by atoms with van der Waals surface area (Å²) in [5, 5.41) is 3.83. The summed E-state index contributed by atoms with van der Waals surface area (Å²) in [7, 11) is 0. The molecule has 0 aliphatic heterocycles. The third kappa shape index (κ3) is 2.28. The number of halogens is 1. The summed E-state index contributed by atoms with van der Waals surface area (Å²) in [5.74, 6) is 0. The Kier molecular flexibility index (Phi) is 3.31. The van der Waals surface area contributed by atoms with Crippen LogP contribution in [0.25, 0.3) is 0 Å². The lowest BCUT2D eigenvalue weighted by atomic mass is 10.2. The first-order chi connectivity index (χ1) is 7.68. The van der Waals surface area contributed by atoms with E-state index >= 15 is 0 Å². The summed E-state index contributed by atoms with van der Waals surface area (Å²) in [5.41, 5.74) is 10.2. The van der Waals surface area contributed by atoms with Gasteiger partial charge in [-0.25, -0.2) is 4.98 Å². The van der Waals surface area contributed by atoms with E-state index in [4.69, 9.17) is 17.3 Å². The Labute approximate surface area is 103 Å². The number of nitrogens with zero attached hydrogens (tertiary/aromatic N) is 1. The average Bonchev–Trinajstić information content (AvgIpc) is 2.67. The molecular formula is C11H12ClN3S. The van der Waals surface area contributed by atoms with Crippen LogP contribution in [-0.4, -0.2) is 4.98 Å². The fourth-order valence-corrected chi connectivity index (χ4v) is 2.25. The maximum Gasteiger partial charge on any atom is 0.0798 e. The molecule has 0 bridgehead atoms. The van der Waals surface area contributed by atoms with Crippen molar-refractivity contribution in [2.45, 2.75) is 13.5 Å². The monoisotopic (exact) mass is 253 g/mol. The van der Waals surface area contributed by atoms with Gasteiger partial charge in [-0.3, -0.25) is 0 Å². The molecule has 1 heterocycles. The highest BCUT2D eigenvalue weighted by atomic mass is 35.5.